The molecule has 14 heavy (non-hydrogen) atoms. The summed E-state index contributed by atoms with van der Waals surface area (Å²) in [6.45, 7) is 2.10. The van der Waals surface area contributed by atoms with E-state index >= 15 is 0 Å². The Morgan fingerprint density at radius 3 is 2.93 bits per heavy atom. The Labute approximate surface area is 91.8 Å². The van der Waals surface area contributed by atoms with Gasteiger partial charge < -0.3 is 5.32 Å². The fourth-order valence-electron chi connectivity index (χ4n) is 1.65. The number of anilines is 1. The topological polar surface area (TPSA) is 29.1 Å². The molecule has 0 fully saturated rings. The molecule has 0 aliphatic carbocycles. The van der Waals surface area contributed by atoms with Gasteiger partial charge in [-0.25, -0.2) is 0 Å². The summed E-state index contributed by atoms with van der Waals surface area (Å²) in [5.41, 5.74) is 3.48. The maximum absolute atomic E-state index is 11.1. The maximum atomic E-state index is 11.1. The van der Waals surface area contributed by atoms with Crippen molar-refractivity contribution in [3.63, 3.8) is 0 Å². The minimum absolute atomic E-state index is 0.122. The normalized spacial score (nSPS) is 17.1. The molecule has 1 N–H and O–H groups in total. The molecule has 0 bridgehead atoms. The monoisotopic (exact) mass is 253 g/mol. The van der Waals surface area contributed by atoms with Crippen LogP contribution in [0.1, 0.15) is 29.3 Å². The molecule has 74 valence electrons. The molecule has 0 aromatic heterocycles. The Morgan fingerprint density at radius 1 is 1.43 bits per heavy atom. The molecule has 0 radical (unpaired) electrons. The Balaban J connectivity index is 2.36. The van der Waals surface area contributed by atoms with Gasteiger partial charge in [-0.15, -0.1) is 0 Å². The lowest BCUT2D eigenvalue weighted by Crippen LogP contribution is -2.18. The molecule has 1 atom stereocenters. The van der Waals surface area contributed by atoms with Crippen LogP contribution in [0.3, 0.4) is 0 Å². The van der Waals surface area contributed by atoms with Gasteiger partial charge in [-0.2, -0.15) is 0 Å². The minimum Gasteiger partial charge on any atom is -0.326 e. The molecule has 0 spiro atoms. The molecule has 1 aliphatic heterocycles. The Morgan fingerprint density at radius 2 is 2.21 bits per heavy atom. The molecule has 1 unspecified atom stereocenters. The number of hydrogen-bond donors (Lipinski definition) is 1. The van der Waals surface area contributed by atoms with Gasteiger partial charge in [0.1, 0.15) is 0 Å². The number of amides is 1. The summed E-state index contributed by atoms with van der Waals surface area (Å²) in [6.07, 6.45) is 1.46. The van der Waals surface area contributed by atoms with E-state index in [0.29, 0.717) is 11.2 Å². The van der Waals surface area contributed by atoms with E-state index in [0.717, 1.165) is 12.1 Å². The number of benzene rings is 1. The third kappa shape index (κ3) is 1.82. The molecule has 1 aliphatic rings. The summed E-state index contributed by atoms with van der Waals surface area (Å²) in [6, 6.07) is 6.19. The van der Waals surface area contributed by atoms with Crippen LogP contribution < -0.4 is 5.32 Å². The SMILES string of the molecule is CC(Br)c1ccc2c(c1)CCC(=O)N2. The second-order valence-corrected chi connectivity index (χ2v) is 4.95. The van der Waals surface area contributed by atoms with E-state index in [1.54, 1.807) is 0 Å². The van der Waals surface area contributed by atoms with Crippen molar-refractivity contribution < 1.29 is 4.79 Å². The summed E-state index contributed by atoms with van der Waals surface area (Å²) in [5.74, 6) is 0.122. The second kappa shape index (κ2) is 3.73. The third-order valence-electron chi connectivity index (χ3n) is 2.48. The van der Waals surface area contributed by atoms with Gasteiger partial charge in [-0.05, 0) is 30.5 Å². The van der Waals surface area contributed by atoms with Crippen molar-refractivity contribution in [2.45, 2.75) is 24.6 Å². The van der Waals surface area contributed by atoms with Crippen molar-refractivity contribution in [1.29, 1.82) is 0 Å². The number of fused-ring (bicyclic) bond motifs is 1. The van der Waals surface area contributed by atoms with Gasteiger partial charge in [0, 0.05) is 16.9 Å². The van der Waals surface area contributed by atoms with E-state index in [1.807, 2.05) is 12.1 Å². The summed E-state index contributed by atoms with van der Waals surface area (Å²) in [4.78, 5) is 11.5. The first-order valence-corrected chi connectivity index (χ1v) is 5.65. The number of alkyl halides is 1. The van der Waals surface area contributed by atoms with Crippen LogP contribution in [0.4, 0.5) is 5.69 Å². The highest BCUT2D eigenvalue weighted by atomic mass is 79.9. The van der Waals surface area contributed by atoms with Gasteiger partial charge in [0.05, 0.1) is 0 Å². The Kier molecular flexibility index (Phi) is 2.59. The highest BCUT2D eigenvalue weighted by Gasteiger charge is 2.15. The third-order valence-corrected chi connectivity index (χ3v) is 3.01. The summed E-state index contributed by atoms with van der Waals surface area (Å²) in [5, 5.41) is 2.87. The van der Waals surface area contributed by atoms with Gasteiger partial charge in [-0.1, -0.05) is 28.1 Å². The Hall–Kier alpha value is -0.830. The largest absolute Gasteiger partial charge is 0.326 e. The van der Waals surface area contributed by atoms with Crippen molar-refractivity contribution in [2.75, 3.05) is 5.32 Å². The number of rotatable bonds is 1. The molecule has 0 saturated carbocycles. The number of nitrogens with one attached hydrogen (secondary N) is 1. The highest BCUT2D eigenvalue weighted by molar-refractivity contribution is 9.09. The molecule has 1 aromatic rings. The van der Waals surface area contributed by atoms with Crippen LogP contribution in [0, 0.1) is 0 Å². The molecule has 1 amide bonds. The molecule has 0 saturated heterocycles. The number of aryl methyl sites for hydroxylation is 1. The molecule has 1 heterocycles. The molecule has 1 aromatic carbocycles. The fraction of sp³-hybridized carbons (Fsp3) is 0.364. The van der Waals surface area contributed by atoms with E-state index in [-0.39, 0.29) is 5.91 Å². The standard InChI is InChI=1S/C11H12BrNO/c1-7(12)8-2-4-10-9(6-8)3-5-11(14)13-10/h2,4,6-7H,3,5H2,1H3,(H,13,14). The van der Waals surface area contributed by atoms with Crippen molar-refractivity contribution >= 4 is 27.5 Å². The smallest absolute Gasteiger partial charge is 0.224 e. The predicted molar refractivity (Wildman–Crippen MR) is 60.7 cm³/mol. The lowest BCUT2D eigenvalue weighted by Gasteiger charge is -2.18. The van der Waals surface area contributed by atoms with Crippen molar-refractivity contribution in [3.05, 3.63) is 29.3 Å². The van der Waals surface area contributed by atoms with Gasteiger partial charge in [0.2, 0.25) is 5.91 Å². The quantitative estimate of drug-likeness (QED) is 0.767. The second-order valence-electron chi connectivity index (χ2n) is 3.58. The number of halogens is 1. The van der Waals surface area contributed by atoms with Gasteiger partial charge in [0.15, 0.2) is 0 Å². The summed E-state index contributed by atoms with van der Waals surface area (Å²) < 4.78 is 0. The number of carbonyl (C=O) groups excluding carboxylic acids is 1. The lowest BCUT2D eigenvalue weighted by atomic mass is 9.99. The average Bonchev–Trinajstić information content (AvgIpc) is 2.16. The highest BCUT2D eigenvalue weighted by Crippen LogP contribution is 2.28. The molecular formula is C11H12BrNO. The zero-order chi connectivity index (χ0) is 10.1. The minimum atomic E-state index is 0.122. The van der Waals surface area contributed by atoms with E-state index < -0.39 is 0 Å². The van der Waals surface area contributed by atoms with E-state index in [9.17, 15) is 4.79 Å². The molecule has 2 rings (SSSR count). The van der Waals surface area contributed by atoms with E-state index in [4.69, 9.17) is 0 Å². The van der Waals surface area contributed by atoms with Crippen LogP contribution in [0.25, 0.3) is 0 Å². The first-order chi connectivity index (χ1) is 6.66. The zero-order valence-corrected chi connectivity index (χ0v) is 9.60. The molecular weight excluding hydrogens is 242 g/mol. The van der Waals surface area contributed by atoms with Crippen molar-refractivity contribution in [2.24, 2.45) is 0 Å². The summed E-state index contributed by atoms with van der Waals surface area (Å²) in [7, 11) is 0. The predicted octanol–water partition coefficient (Wildman–Crippen LogP) is 3.03. The van der Waals surface area contributed by atoms with Crippen LogP contribution in [0.5, 0.6) is 0 Å². The number of hydrogen-bond acceptors (Lipinski definition) is 1. The van der Waals surface area contributed by atoms with Crippen LogP contribution in [-0.2, 0) is 11.2 Å². The zero-order valence-electron chi connectivity index (χ0n) is 8.01. The van der Waals surface area contributed by atoms with Crippen LogP contribution in [0.15, 0.2) is 18.2 Å². The van der Waals surface area contributed by atoms with Crippen LogP contribution in [0.2, 0.25) is 0 Å². The lowest BCUT2D eigenvalue weighted by molar-refractivity contribution is -0.116. The van der Waals surface area contributed by atoms with E-state index in [1.165, 1.54) is 11.1 Å². The van der Waals surface area contributed by atoms with Crippen LogP contribution in [-0.4, -0.2) is 5.91 Å². The maximum Gasteiger partial charge on any atom is 0.224 e. The van der Waals surface area contributed by atoms with Crippen molar-refractivity contribution in [1.82, 2.24) is 0 Å². The van der Waals surface area contributed by atoms with Gasteiger partial charge in [-0.3, -0.25) is 4.79 Å². The fourth-order valence-corrected chi connectivity index (χ4v) is 1.94. The van der Waals surface area contributed by atoms with Crippen LogP contribution >= 0.6 is 15.9 Å². The summed E-state index contributed by atoms with van der Waals surface area (Å²) >= 11 is 3.53. The van der Waals surface area contributed by atoms with Gasteiger partial charge >= 0.3 is 0 Å². The molecule has 3 heteroatoms. The number of carbonyl (C=O) groups is 1. The first kappa shape index (κ1) is 9.71. The van der Waals surface area contributed by atoms with Crippen molar-refractivity contribution in [3.8, 4) is 0 Å². The van der Waals surface area contributed by atoms with E-state index in [2.05, 4.69) is 34.2 Å². The first-order valence-electron chi connectivity index (χ1n) is 4.73. The Bertz CT molecular complexity index is 374. The molecule has 2 nitrogen and oxygen atoms in total. The van der Waals surface area contributed by atoms with Gasteiger partial charge in [0.25, 0.3) is 0 Å². The average molecular weight is 254 g/mol.